The summed E-state index contributed by atoms with van der Waals surface area (Å²) in [5.74, 6) is -0.261. The maximum Gasteiger partial charge on any atom is 0.277 e. The van der Waals surface area contributed by atoms with Gasteiger partial charge in [0.15, 0.2) is 11.6 Å². The summed E-state index contributed by atoms with van der Waals surface area (Å²) < 4.78 is 1.15. The quantitative estimate of drug-likeness (QED) is 0.583. The summed E-state index contributed by atoms with van der Waals surface area (Å²) in [7, 11) is 3.66. The molecule has 2 aromatic carbocycles. The van der Waals surface area contributed by atoms with E-state index < -0.39 is 0 Å². The van der Waals surface area contributed by atoms with Crippen molar-refractivity contribution in [3.63, 3.8) is 0 Å². The summed E-state index contributed by atoms with van der Waals surface area (Å²) in [6.07, 6.45) is 0.836. The van der Waals surface area contributed by atoms with Gasteiger partial charge in [-0.15, -0.1) is 11.3 Å². The van der Waals surface area contributed by atoms with E-state index in [1.54, 1.807) is 18.4 Å². The summed E-state index contributed by atoms with van der Waals surface area (Å²) in [4.78, 5) is 32.3. The fourth-order valence-electron chi connectivity index (χ4n) is 3.26. The monoisotopic (exact) mass is 425 g/mol. The number of benzene rings is 2. The second kappa shape index (κ2) is 9.82. The number of carbonyl (C=O) groups is 2. The molecule has 2 atom stereocenters. The molecular formula is C23H29N4O2S+. The summed E-state index contributed by atoms with van der Waals surface area (Å²) in [5, 5.41) is 3.93. The highest BCUT2D eigenvalue weighted by molar-refractivity contribution is 7.18. The Hall–Kier alpha value is -2.77. The average Bonchev–Trinajstić information content (AvgIpc) is 3.17. The first kappa shape index (κ1) is 21.9. The van der Waals surface area contributed by atoms with E-state index in [0.717, 1.165) is 37.8 Å². The zero-order valence-corrected chi connectivity index (χ0v) is 18.8. The second-order valence-corrected chi connectivity index (χ2v) is 8.64. The molecule has 0 aliphatic rings. The molecule has 0 aliphatic carbocycles. The minimum absolute atomic E-state index is 0.0275. The molecule has 30 heavy (non-hydrogen) atoms. The highest BCUT2D eigenvalue weighted by atomic mass is 32.1. The lowest BCUT2D eigenvalue weighted by Gasteiger charge is -2.23. The van der Waals surface area contributed by atoms with Gasteiger partial charge in [0.25, 0.3) is 5.91 Å². The third-order valence-electron chi connectivity index (χ3n) is 5.33. The minimum atomic E-state index is -0.191. The maximum atomic E-state index is 12.7. The molecule has 0 bridgehead atoms. The van der Waals surface area contributed by atoms with Crippen molar-refractivity contribution in [2.24, 2.45) is 0 Å². The van der Waals surface area contributed by atoms with Crippen LogP contribution in [0.5, 0.6) is 0 Å². The van der Waals surface area contributed by atoms with E-state index in [9.17, 15) is 9.59 Å². The molecule has 0 radical (unpaired) electrons. The first-order valence-electron chi connectivity index (χ1n) is 10.2. The smallest absolute Gasteiger partial charge is 0.277 e. The normalized spacial score (nSPS) is 13.1. The van der Waals surface area contributed by atoms with Crippen LogP contribution in [0, 0.1) is 0 Å². The highest BCUT2D eigenvalue weighted by Crippen LogP contribution is 2.24. The number of thiazole rings is 1. The molecule has 1 unspecified atom stereocenters. The van der Waals surface area contributed by atoms with Crippen LogP contribution < -0.4 is 10.2 Å². The van der Waals surface area contributed by atoms with Crippen LogP contribution in [0.15, 0.2) is 48.5 Å². The number of para-hydroxylation sites is 2. The van der Waals surface area contributed by atoms with Crippen molar-refractivity contribution in [1.29, 1.82) is 0 Å². The van der Waals surface area contributed by atoms with Crippen molar-refractivity contribution in [1.82, 2.24) is 9.88 Å². The van der Waals surface area contributed by atoms with Crippen molar-refractivity contribution in [2.75, 3.05) is 32.5 Å². The summed E-state index contributed by atoms with van der Waals surface area (Å²) in [6.45, 7) is 4.45. The molecule has 3 rings (SSSR count). The molecule has 0 fully saturated rings. The molecule has 0 saturated heterocycles. The number of nitrogens with zero attached hydrogens (tertiary/aromatic N) is 2. The van der Waals surface area contributed by atoms with E-state index >= 15 is 0 Å². The second-order valence-electron chi connectivity index (χ2n) is 7.57. The molecule has 0 saturated carbocycles. The lowest BCUT2D eigenvalue weighted by atomic mass is 10.1. The summed E-state index contributed by atoms with van der Waals surface area (Å²) in [6, 6.07) is 15.9. The molecule has 1 heterocycles. The molecule has 2 N–H and O–H groups in total. The Bertz CT molecular complexity index is 1000. The highest BCUT2D eigenvalue weighted by Gasteiger charge is 2.24. The number of fused-ring (bicyclic) bond motifs is 1. The van der Waals surface area contributed by atoms with Gasteiger partial charge in [0, 0.05) is 12.7 Å². The number of likely N-dealkylation sites (N-methyl/N-ethyl adjacent to an activating group) is 2. The van der Waals surface area contributed by atoms with Crippen LogP contribution in [0.1, 0.15) is 30.5 Å². The lowest BCUT2D eigenvalue weighted by molar-refractivity contribution is -0.902. The third kappa shape index (κ3) is 5.23. The van der Waals surface area contributed by atoms with E-state index in [0.29, 0.717) is 6.54 Å². The number of rotatable bonds is 8. The predicted octanol–water partition coefficient (Wildman–Crippen LogP) is 2.53. The van der Waals surface area contributed by atoms with Gasteiger partial charge in [-0.3, -0.25) is 9.59 Å². The predicted molar refractivity (Wildman–Crippen MR) is 122 cm³/mol. The molecule has 6 nitrogen and oxygen atoms in total. The van der Waals surface area contributed by atoms with Gasteiger partial charge in [0.1, 0.15) is 6.04 Å². The Morgan fingerprint density at radius 1 is 1.17 bits per heavy atom. The van der Waals surface area contributed by atoms with E-state index in [-0.39, 0.29) is 24.4 Å². The van der Waals surface area contributed by atoms with Gasteiger partial charge in [-0.25, -0.2) is 4.98 Å². The summed E-state index contributed by atoms with van der Waals surface area (Å²) in [5.41, 5.74) is 2.87. The Morgan fingerprint density at radius 3 is 2.60 bits per heavy atom. The SMILES string of the molecule is CCc1ccccc1NC(=O)CN(C)C(=O)C[NH+](C)[C@@H](C)c1nc2ccccc2s1. The Morgan fingerprint density at radius 2 is 1.87 bits per heavy atom. The molecule has 0 spiro atoms. The minimum Gasteiger partial charge on any atom is -0.332 e. The zero-order valence-electron chi connectivity index (χ0n) is 17.9. The van der Waals surface area contributed by atoms with E-state index in [2.05, 4.69) is 18.3 Å². The van der Waals surface area contributed by atoms with Crippen LogP contribution in [0.2, 0.25) is 0 Å². The summed E-state index contributed by atoms with van der Waals surface area (Å²) >= 11 is 1.66. The van der Waals surface area contributed by atoms with Crippen molar-refractivity contribution >= 4 is 39.1 Å². The average molecular weight is 426 g/mol. The number of aryl methyl sites for hydroxylation is 1. The topological polar surface area (TPSA) is 66.7 Å². The number of quaternary nitrogens is 1. The largest absolute Gasteiger partial charge is 0.332 e. The molecular weight excluding hydrogens is 396 g/mol. The number of carbonyl (C=O) groups excluding carboxylic acids is 2. The third-order valence-corrected chi connectivity index (χ3v) is 6.55. The van der Waals surface area contributed by atoms with Gasteiger partial charge in [0.2, 0.25) is 5.91 Å². The number of amides is 2. The number of hydrogen-bond acceptors (Lipinski definition) is 4. The number of anilines is 1. The van der Waals surface area contributed by atoms with E-state index in [1.807, 2.05) is 56.4 Å². The number of nitrogens with one attached hydrogen (secondary N) is 2. The zero-order chi connectivity index (χ0) is 21.7. The van der Waals surface area contributed by atoms with Gasteiger partial charge in [-0.05, 0) is 37.1 Å². The fraction of sp³-hybridized carbons (Fsp3) is 0.348. The van der Waals surface area contributed by atoms with Crippen LogP contribution >= 0.6 is 11.3 Å². The molecule has 1 aromatic heterocycles. The van der Waals surface area contributed by atoms with Gasteiger partial charge < -0.3 is 15.1 Å². The van der Waals surface area contributed by atoms with Crippen LogP contribution in [0.3, 0.4) is 0 Å². The Balaban J connectivity index is 1.55. The fourth-order valence-corrected chi connectivity index (χ4v) is 4.37. The Labute approximate surface area is 181 Å². The van der Waals surface area contributed by atoms with Crippen LogP contribution in [-0.2, 0) is 16.0 Å². The van der Waals surface area contributed by atoms with Gasteiger partial charge in [-0.2, -0.15) is 0 Å². The first-order chi connectivity index (χ1) is 14.4. The lowest BCUT2D eigenvalue weighted by Crippen LogP contribution is -3.10. The number of aromatic nitrogens is 1. The number of hydrogen-bond donors (Lipinski definition) is 2. The maximum absolute atomic E-state index is 12.7. The van der Waals surface area contributed by atoms with Crippen LogP contribution in [0.25, 0.3) is 10.2 Å². The van der Waals surface area contributed by atoms with Crippen LogP contribution in [0.4, 0.5) is 5.69 Å². The van der Waals surface area contributed by atoms with Crippen molar-refractivity contribution < 1.29 is 14.5 Å². The molecule has 158 valence electrons. The molecule has 2 amide bonds. The van der Waals surface area contributed by atoms with E-state index in [4.69, 9.17) is 4.98 Å². The molecule has 3 aromatic rings. The van der Waals surface area contributed by atoms with Gasteiger partial charge >= 0.3 is 0 Å². The standard InChI is InChI=1S/C23H28N4O2S/c1-5-17-10-6-7-11-18(17)24-21(28)14-27(4)22(29)15-26(3)16(2)23-25-19-12-8-9-13-20(19)30-23/h6-13,16H,5,14-15H2,1-4H3,(H,24,28)/p+1/t16-/m0/s1. The van der Waals surface area contributed by atoms with Crippen molar-refractivity contribution in [2.45, 2.75) is 26.3 Å². The van der Waals surface area contributed by atoms with Gasteiger partial charge in [-0.1, -0.05) is 37.3 Å². The van der Waals surface area contributed by atoms with E-state index in [1.165, 1.54) is 4.90 Å². The molecule has 7 heteroatoms. The van der Waals surface area contributed by atoms with Gasteiger partial charge in [0.05, 0.1) is 23.8 Å². The van der Waals surface area contributed by atoms with Crippen LogP contribution in [-0.4, -0.2) is 48.9 Å². The van der Waals surface area contributed by atoms with Crippen molar-refractivity contribution in [3.8, 4) is 0 Å². The van der Waals surface area contributed by atoms with Crippen molar-refractivity contribution in [3.05, 3.63) is 59.1 Å². The first-order valence-corrected chi connectivity index (χ1v) is 11.0. The Kier molecular flexibility index (Phi) is 7.18. The molecule has 0 aliphatic heterocycles.